The highest BCUT2D eigenvalue weighted by atomic mass is 16.5. The first-order valence-electron chi connectivity index (χ1n) is 10.3. The molecule has 4 rings (SSSR count). The van der Waals surface area contributed by atoms with Gasteiger partial charge in [-0.2, -0.15) is 0 Å². The third kappa shape index (κ3) is 4.36. The standard InChI is InChI=1S/C23H29N3O2/c1-19-8-9-20(16-24-19)22(27)26-13-11-23(18-26)10-5-12-25(17-23)14-15-28-21-6-3-2-4-7-21/h2-4,6-9,16H,5,10-15,17-18H2,1H3/t23-/m1/s1. The van der Waals surface area contributed by atoms with Gasteiger partial charge in [-0.05, 0) is 57.0 Å². The molecule has 2 aromatic rings. The minimum absolute atomic E-state index is 0.119. The topological polar surface area (TPSA) is 45.7 Å². The molecule has 2 fully saturated rings. The highest BCUT2D eigenvalue weighted by Gasteiger charge is 2.42. The Balaban J connectivity index is 1.31. The number of benzene rings is 1. The van der Waals surface area contributed by atoms with Crippen LogP contribution in [0.15, 0.2) is 48.7 Å². The number of para-hydroxylation sites is 1. The monoisotopic (exact) mass is 379 g/mol. The van der Waals surface area contributed by atoms with E-state index in [2.05, 4.69) is 9.88 Å². The zero-order valence-corrected chi connectivity index (χ0v) is 16.6. The highest BCUT2D eigenvalue weighted by molar-refractivity contribution is 5.94. The van der Waals surface area contributed by atoms with Gasteiger partial charge in [0, 0.05) is 43.5 Å². The van der Waals surface area contributed by atoms with Crippen LogP contribution in [0.2, 0.25) is 0 Å². The summed E-state index contributed by atoms with van der Waals surface area (Å²) in [4.78, 5) is 21.7. The van der Waals surface area contributed by atoms with Crippen molar-refractivity contribution in [1.82, 2.24) is 14.8 Å². The van der Waals surface area contributed by atoms with Crippen molar-refractivity contribution in [2.75, 3.05) is 39.3 Å². The van der Waals surface area contributed by atoms with E-state index in [1.165, 1.54) is 12.8 Å². The second kappa shape index (κ2) is 8.31. The zero-order valence-electron chi connectivity index (χ0n) is 16.6. The molecule has 2 aliphatic heterocycles. The van der Waals surface area contributed by atoms with Crippen molar-refractivity contribution in [2.24, 2.45) is 5.41 Å². The number of amides is 1. The molecular weight excluding hydrogens is 350 g/mol. The number of hydrogen-bond donors (Lipinski definition) is 0. The molecule has 0 N–H and O–H groups in total. The molecule has 3 heterocycles. The van der Waals surface area contributed by atoms with E-state index in [4.69, 9.17) is 4.74 Å². The van der Waals surface area contributed by atoms with E-state index in [1.807, 2.05) is 54.3 Å². The fourth-order valence-electron chi connectivity index (χ4n) is 4.53. The lowest BCUT2D eigenvalue weighted by Gasteiger charge is -2.40. The van der Waals surface area contributed by atoms with Crippen LogP contribution in [0.4, 0.5) is 0 Å². The van der Waals surface area contributed by atoms with E-state index in [-0.39, 0.29) is 11.3 Å². The van der Waals surface area contributed by atoms with Crippen LogP contribution in [-0.4, -0.2) is 60.0 Å². The maximum Gasteiger partial charge on any atom is 0.255 e. The van der Waals surface area contributed by atoms with Crippen LogP contribution in [-0.2, 0) is 0 Å². The van der Waals surface area contributed by atoms with Gasteiger partial charge in [-0.25, -0.2) is 0 Å². The number of ether oxygens (including phenoxy) is 1. The molecule has 2 aliphatic rings. The lowest BCUT2D eigenvalue weighted by molar-refractivity contribution is 0.0658. The molecule has 0 saturated carbocycles. The van der Waals surface area contributed by atoms with Gasteiger partial charge in [-0.15, -0.1) is 0 Å². The van der Waals surface area contributed by atoms with E-state index in [0.717, 1.165) is 50.6 Å². The number of rotatable bonds is 5. The highest BCUT2D eigenvalue weighted by Crippen LogP contribution is 2.39. The summed E-state index contributed by atoms with van der Waals surface area (Å²) in [6.07, 6.45) is 5.20. The third-order valence-corrected chi connectivity index (χ3v) is 6.04. The van der Waals surface area contributed by atoms with Gasteiger partial charge in [0.2, 0.25) is 0 Å². The van der Waals surface area contributed by atoms with Crippen LogP contribution < -0.4 is 4.74 Å². The van der Waals surface area contributed by atoms with Crippen molar-refractivity contribution >= 4 is 5.91 Å². The number of piperidine rings is 1. The Bertz CT molecular complexity index is 793. The lowest BCUT2D eigenvalue weighted by Crippen LogP contribution is -2.46. The van der Waals surface area contributed by atoms with Crippen molar-refractivity contribution in [3.63, 3.8) is 0 Å². The third-order valence-electron chi connectivity index (χ3n) is 6.04. The Morgan fingerprint density at radius 2 is 1.96 bits per heavy atom. The van der Waals surface area contributed by atoms with Gasteiger partial charge < -0.3 is 9.64 Å². The van der Waals surface area contributed by atoms with Crippen LogP contribution in [0.25, 0.3) is 0 Å². The van der Waals surface area contributed by atoms with Gasteiger partial charge >= 0.3 is 0 Å². The molecule has 148 valence electrons. The fraction of sp³-hybridized carbons (Fsp3) is 0.478. The smallest absolute Gasteiger partial charge is 0.255 e. The molecule has 2 saturated heterocycles. The van der Waals surface area contributed by atoms with Gasteiger partial charge in [-0.3, -0.25) is 14.7 Å². The Morgan fingerprint density at radius 3 is 2.75 bits per heavy atom. The predicted molar refractivity (Wildman–Crippen MR) is 110 cm³/mol. The molecular formula is C23H29N3O2. The van der Waals surface area contributed by atoms with Crippen molar-refractivity contribution in [1.29, 1.82) is 0 Å². The summed E-state index contributed by atoms with van der Waals surface area (Å²) < 4.78 is 5.87. The number of pyridine rings is 1. The number of carbonyl (C=O) groups excluding carboxylic acids is 1. The second-order valence-corrected chi connectivity index (χ2v) is 8.21. The van der Waals surface area contributed by atoms with Crippen molar-refractivity contribution in [3.8, 4) is 5.75 Å². The van der Waals surface area contributed by atoms with Gasteiger partial charge in [0.05, 0.1) is 5.56 Å². The van der Waals surface area contributed by atoms with Crippen LogP contribution in [0.5, 0.6) is 5.75 Å². The van der Waals surface area contributed by atoms with Crippen molar-refractivity contribution < 1.29 is 9.53 Å². The quantitative estimate of drug-likeness (QED) is 0.799. The minimum Gasteiger partial charge on any atom is -0.492 e. The maximum atomic E-state index is 12.8. The number of nitrogens with zero attached hydrogens (tertiary/aromatic N) is 3. The van der Waals surface area contributed by atoms with E-state index < -0.39 is 0 Å². The van der Waals surface area contributed by atoms with E-state index >= 15 is 0 Å². The van der Waals surface area contributed by atoms with Crippen LogP contribution in [0.1, 0.15) is 35.3 Å². The maximum absolute atomic E-state index is 12.8. The predicted octanol–water partition coefficient (Wildman–Crippen LogP) is 3.40. The summed E-state index contributed by atoms with van der Waals surface area (Å²) in [5, 5.41) is 0. The molecule has 5 heteroatoms. The van der Waals surface area contributed by atoms with Crippen LogP contribution >= 0.6 is 0 Å². The number of hydrogen-bond acceptors (Lipinski definition) is 4. The molecule has 1 amide bonds. The van der Waals surface area contributed by atoms with Gasteiger partial charge in [0.1, 0.15) is 12.4 Å². The van der Waals surface area contributed by atoms with Crippen molar-refractivity contribution in [2.45, 2.75) is 26.2 Å². The number of carbonyl (C=O) groups is 1. The summed E-state index contributed by atoms with van der Waals surface area (Å²) in [6, 6.07) is 13.8. The molecule has 1 atom stereocenters. The Kier molecular flexibility index (Phi) is 5.62. The summed E-state index contributed by atoms with van der Waals surface area (Å²) in [5.74, 6) is 1.05. The first-order valence-corrected chi connectivity index (χ1v) is 10.3. The Labute approximate surface area is 167 Å². The molecule has 0 bridgehead atoms. The summed E-state index contributed by atoms with van der Waals surface area (Å²) >= 11 is 0. The van der Waals surface area contributed by atoms with Crippen LogP contribution in [0.3, 0.4) is 0 Å². The minimum atomic E-state index is 0.119. The average Bonchev–Trinajstić information content (AvgIpc) is 3.12. The molecule has 28 heavy (non-hydrogen) atoms. The molecule has 0 unspecified atom stereocenters. The van der Waals surface area contributed by atoms with E-state index in [1.54, 1.807) is 6.20 Å². The second-order valence-electron chi connectivity index (χ2n) is 8.21. The number of likely N-dealkylation sites (tertiary alicyclic amines) is 2. The number of aromatic nitrogens is 1. The van der Waals surface area contributed by atoms with Gasteiger partial charge in [0.15, 0.2) is 0 Å². The number of aryl methyl sites for hydroxylation is 1. The van der Waals surface area contributed by atoms with E-state index in [9.17, 15) is 4.79 Å². The molecule has 1 aromatic carbocycles. The van der Waals surface area contributed by atoms with E-state index in [0.29, 0.717) is 12.2 Å². The molecule has 1 spiro atoms. The zero-order chi connectivity index (χ0) is 19.4. The Hall–Kier alpha value is -2.40. The first kappa shape index (κ1) is 18.9. The Morgan fingerprint density at radius 1 is 1.11 bits per heavy atom. The molecule has 1 aromatic heterocycles. The largest absolute Gasteiger partial charge is 0.492 e. The van der Waals surface area contributed by atoms with Gasteiger partial charge in [0.25, 0.3) is 5.91 Å². The summed E-state index contributed by atoms with van der Waals surface area (Å²) in [6.45, 7) is 7.47. The fourth-order valence-corrected chi connectivity index (χ4v) is 4.53. The normalized spacial score (nSPS) is 22.5. The summed E-state index contributed by atoms with van der Waals surface area (Å²) in [7, 11) is 0. The van der Waals surface area contributed by atoms with Crippen LogP contribution in [0, 0.1) is 12.3 Å². The average molecular weight is 380 g/mol. The van der Waals surface area contributed by atoms with Crippen molar-refractivity contribution in [3.05, 3.63) is 59.9 Å². The molecule has 0 aliphatic carbocycles. The van der Waals surface area contributed by atoms with Gasteiger partial charge in [-0.1, -0.05) is 18.2 Å². The molecule has 5 nitrogen and oxygen atoms in total. The summed E-state index contributed by atoms with van der Waals surface area (Å²) in [5.41, 5.74) is 1.88. The molecule has 0 radical (unpaired) electrons. The lowest BCUT2D eigenvalue weighted by atomic mass is 9.79. The first-order chi connectivity index (χ1) is 13.6. The SMILES string of the molecule is Cc1ccc(C(=O)N2CC[C@@]3(CCCN(CCOc4ccccc4)C3)C2)cn1.